The standard InChI is InChI=1S/C17H21N5OS/c1-11-15(9-20-22(11)3)17-13(5-16(23)21(17)2)7-19-8-14-4-12(6-18)10-24-14/h4,9-10,13,17,19H,5,7-8H2,1-3H3/t13-,17+/m0/s1. The van der Waals surface area contributed by atoms with Crippen molar-refractivity contribution in [2.75, 3.05) is 13.6 Å². The summed E-state index contributed by atoms with van der Waals surface area (Å²) in [5.41, 5.74) is 2.93. The average Bonchev–Trinajstić information content (AvgIpc) is 3.22. The predicted octanol–water partition coefficient (Wildman–Crippen LogP) is 1.97. The first-order valence-corrected chi connectivity index (χ1v) is 8.81. The van der Waals surface area contributed by atoms with E-state index in [0.717, 1.165) is 29.2 Å². The molecule has 0 unspecified atom stereocenters. The van der Waals surface area contributed by atoms with Crippen LogP contribution >= 0.6 is 11.3 Å². The smallest absolute Gasteiger partial charge is 0.223 e. The number of nitriles is 1. The fourth-order valence-corrected chi connectivity index (χ4v) is 4.10. The highest BCUT2D eigenvalue weighted by Gasteiger charge is 2.39. The minimum atomic E-state index is 0.0664. The number of hydrogen-bond acceptors (Lipinski definition) is 5. The van der Waals surface area contributed by atoms with Gasteiger partial charge in [-0.3, -0.25) is 9.48 Å². The van der Waals surface area contributed by atoms with E-state index in [2.05, 4.69) is 16.5 Å². The van der Waals surface area contributed by atoms with Crippen LogP contribution in [0.5, 0.6) is 0 Å². The maximum atomic E-state index is 12.2. The second-order valence-electron chi connectivity index (χ2n) is 6.27. The molecule has 6 nitrogen and oxygen atoms in total. The number of nitrogens with one attached hydrogen (secondary N) is 1. The van der Waals surface area contributed by atoms with Crippen molar-refractivity contribution in [3.05, 3.63) is 39.3 Å². The van der Waals surface area contributed by atoms with Gasteiger partial charge in [0.1, 0.15) is 6.07 Å². The molecule has 2 atom stereocenters. The Labute approximate surface area is 145 Å². The van der Waals surface area contributed by atoms with Crippen molar-refractivity contribution >= 4 is 17.2 Å². The lowest BCUT2D eigenvalue weighted by Gasteiger charge is -2.25. The van der Waals surface area contributed by atoms with Crippen molar-refractivity contribution in [1.82, 2.24) is 20.0 Å². The maximum Gasteiger partial charge on any atom is 0.223 e. The van der Waals surface area contributed by atoms with Crippen LogP contribution in [0.4, 0.5) is 0 Å². The lowest BCUT2D eigenvalue weighted by atomic mass is 9.94. The molecule has 3 rings (SSSR count). The Balaban J connectivity index is 1.68. The molecule has 2 aromatic rings. The minimum Gasteiger partial charge on any atom is -0.338 e. The highest BCUT2D eigenvalue weighted by molar-refractivity contribution is 7.10. The molecule has 0 aliphatic carbocycles. The van der Waals surface area contributed by atoms with Gasteiger partial charge in [0.25, 0.3) is 0 Å². The van der Waals surface area contributed by atoms with E-state index in [9.17, 15) is 4.79 Å². The first kappa shape index (κ1) is 16.7. The number of aromatic nitrogens is 2. The van der Waals surface area contributed by atoms with E-state index in [0.29, 0.717) is 12.0 Å². The first-order valence-electron chi connectivity index (χ1n) is 7.93. The van der Waals surface area contributed by atoms with Gasteiger partial charge in [0.2, 0.25) is 5.91 Å². The molecule has 0 saturated carbocycles. The number of rotatable bonds is 5. The Morgan fingerprint density at radius 1 is 1.50 bits per heavy atom. The lowest BCUT2D eigenvalue weighted by Crippen LogP contribution is -2.29. The number of carbonyl (C=O) groups is 1. The molecule has 0 radical (unpaired) electrons. The molecular formula is C17H21N5OS. The molecule has 0 bridgehead atoms. The van der Waals surface area contributed by atoms with Crippen molar-refractivity contribution in [3.63, 3.8) is 0 Å². The number of nitrogens with zero attached hydrogens (tertiary/aromatic N) is 4. The number of amides is 1. The zero-order valence-electron chi connectivity index (χ0n) is 14.1. The van der Waals surface area contributed by atoms with E-state index in [1.54, 1.807) is 11.3 Å². The van der Waals surface area contributed by atoms with Crippen LogP contribution in [-0.4, -0.2) is 34.2 Å². The minimum absolute atomic E-state index is 0.0664. The molecule has 126 valence electrons. The molecule has 7 heteroatoms. The topological polar surface area (TPSA) is 74.0 Å². The van der Waals surface area contributed by atoms with Gasteiger partial charge in [0, 0.05) is 61.0 Å². The van der Waals surface area contributed by atoms with Crippen LogP contribution in [0.2, 0.25) is 0 Å². The van der Waals surface area contributed by atoms with Gasteiger partial charge in [0.05, 0.1) is 17.8 Å². The summed E-state index contributed by atoms with van der Waals surface area (Å²) in [4.78, 5) is 15.2. The van der Waals surface area contributed by atoms with Crippen LogP contribution in [0.25, 0.3) is 0 Å². The Hall–Kier alpha value is -2.17. The van der Waals surface area contributed by atoms with Gasteiger partial charge < -0.3 is 10.2 Å². The van der Waals surface area contributed by atoms with Gasteiger partial charge in [-0.25, -0.2) is 0 Å². The van der Waals surface area contributed by atoms with Crippen molar-refractivity contribution < 1.29 is 4.79 Å². The average molecular weight is 343 g/mol. The number of thiophene rings is 1. The van der Waals surface area contributed by atoms with Crippen LogP contribution in [-0.2, 0) is 18.4 Å². The fourth-order valence-electron chi connectivity index (χ4n) is 3.32. The van der Waals surface area contributed by atoms with Crippen molar-refractivity contribution in [1.29, 1.82) is 5.26 Å². The summed E-state index contributed by atoms with van der Waals surface area (Å²) in [6.07, 6.45) is 2.43. The molecule has 1 aliphatic heterocycles. The second-order valence-corrected chi connectivity index (χ2v) is 7.26. The molecule has 2 aromatic heterocycles. The van der Waals surface area contributed by atoms with E-state index in [1.807, 2.05) is 48.2 Å². The highest BCUT2D eigenvalue weighted by Crippen LogP contribution is 2.37. The van der Waals surface area contributed by atoms with Gasteiger partial charge in [-0.2, -0.15) is 10.4 Å². The fraction of sp³-hybridized carbons (Fsp3) is 0.471. The molecule has 1 saturated heterocycles. The van der Waals surface area contributed by atoms with Crippen LogP contribution in [0.1, 0.15) is 34.2 Å². The highest BCUT2D eigenvalue weighted by atomic mass is 32.1. The Kier molecular flexibility index (Phi) is 4.69. The van der Waals surface area contributed by atoms with Gasteiger partial charge in [-0.15, -0.1) is 11.3 Å². The maximum absolute atomic E-state index is 12.2. The zero-order valence-corrected chi connectivity index (χ0v) is 14.9. The summed E-state index contributed by atoms with van der Waals surface area (Å²) >= 11 is 1.58. The summed E-state index contributed by atoms with van der Waals surface area (Å²) in [6.45, 7) is 3.52. The van der Waals surface area contributed by atoms with Gasteiger partial charge >= 0.3 is 0 Å². The van der Waals surface area contributed by atoms with Crippen molar-refractivity contribution in [2.24, 2.45) is 13.0 Å². The molecule has 1 fully saturated rings. The first-order chi connectivity index (χ1) is 11.5. The van der Waals surface area contributed by atoms with E-state index in [4.69, 9.17) is 5.26 Å². The third-order valence-corrected chi connectivity index (χ3v) is 5.71. The van der Waals surface area contributed by atoms with Gasteiger partial charge in [0.15, 0.2) is 0 Å². The Morgan fingerprint density at radius 2 is 2.29 bits per heavy atom. The number of aryl methyl sites for hydroxylation is 1. The van der Waals surface area contributed by atoms with E-state index in [1.165, 1.54) is 0 Å². The summed E-state index contributed by atoms with van der Waals surface area (Å²) in [6, 6.07) is 4.13. The summed E-state index contributed by atoms with van der Waals surface area (Å²) < 4.78 is 1.85. The van der Waals surface area contributed by atoms with E-state index >= 15 is 0 Å². The summed E-state index contributed by atoms with van der Waals surface area (Å²) in [5.74, 6) is 0.402. The van der Waals surface area contributed by atoms with Gasteiger partial charge in [-0.05, 0) is 13.0 Å². The van der Waals surface area contributed by atoms with Crippen LogP contribution < -0.4 is 5.32 Å². The van der Waals surface area contributed by atoms with Crippen LogP contribution in [0.3, 0.4) is 0 Å². The molecule has 0 aromatic carbocycles. The molecule has 1 aliphatic rings. The molecule has 3 heterocycles. The molecule has 1 N–H and O–H groups in total. The molecule has 24 heavy (non-hydrogen) atoms. The third-order valence-electron chi connectivity index (χ3n) is 4.77. The zero-order chi connectivity index (χ0) is 17.3. The largest absolute Gasteiger partial charge is 0.338 e. The van der Waals surface area contributed by atoms with E-state index < -0.39 is 0 Å². The summed E-state index contributed by atoms with van der Waals surface area (Å²) in [5, 5.41) is 18.5. The Bertz CT molecular complexity index is 787. The predicted molar refractivity (Wildman–Crippen MR) is 92.3 cm³/mol. The van der Waals surface area contributed by atoms with Crippen molar-refractivity contribution in [2.45, 2.75) is 25.9 Å². The van der Waals surface area contributed by atoms with Crippen molar-refractivity contribution in [3.8, 4) is 6.07 Å². The molecule has 1 amide bonds. The third kappa shape index (κ3) is 3.07. The van der Waals surface area contributed by atoms with Crippen LogP contribution in [0.15, 0.2) is 17.6 Å². The lowest BCUT2D eigenvalue weighted by molar-refractivity contribution is -0.127. The number of likely N-dealkylation sites (tertiary alicyclic amines) is 1. The number of hydrogen-bond donors (Lipinski definition) is 1. The summed E-state index contributed by atoms with van der Waals surface area (Å²) in [7, 11) is 3.80. The molecular weight excluding hydrogens is 322 g/mol. The van der Waals surface area contributed by atoms with E-state index in [-0.39, 0.29) is 17.9 Å². The Morgan fingerprint density at radius 3 is 2.92 bits per heavy atom. The van der Waals surface area contributed by atoms with Gasteiger partial charge in [-0.1, -0.05) is 0 Å². The quantitative estimate of drug-likeness (QED) is 0.901. The monoisotopic (exact) mass is 343 g/mol. The normalized spacial score (nSPS) is 20.6. The SMILES string of the molecule is Cc1c([C@H]2[C@H](CNCc3cc(C#N)cs3)CC(=O)N2C)cnn1C. The second kappa shape index (κ2) is 6.75. The number of carbonyl (C=O) groups excluding carboxylic acids is 1. The van der Waals surface area contributed by atoms with Crippen LogP contribution in [0, 0.1) is 24.2 Å². The molecule has 0 spiro atoms.